The number of aliphatic imine (C=N–C) groups is 1. The van der Waals surface area contributed by atoms with E-state index in [1.807, 2.05) is 32.9 Å². The van der Waals surface area contributed by atoms with Gasteiger partial charge in [-0.05, 0) is 57.4 Å². The summed E-state index contributed by atoms with van der Waals surface area (Å²) >= 11 is 3.68. The van der Waals surface area contributed by atoms with Gasteiger partial charge in [0.05, 0.1) is 24.5 Å². The molecule has 3 rings (SSSR count). The number of nitrogens with zero attached hydrogens (tertiary/aromatic N) is 2. The third kappa shape index (κ3) is 7.12. The molecule has 38 heavy (non-hydrogen) atoms. The van der Waals surface area contributed by atoms with Crippen molar-refractivity contribution in [2.75, 3.05) is 30.8 Å². The quantitative estimate of drug-likeness (QED) is 0.299. The maximum atomic E-state index is 13.1. The second-order valence-electron chi connectivity index (χ2n) is 8.72. The number of rotatable bonds is 10. The molecule has 1 N–H and O–H groups in total. The van der Waals surface area contributed by atoms with Crippen LogP contribution in [0.5, 0.6) is 0 Å². The number of carbonyl (C=O) groups is 4. The highest BCUT2D eigenvalue weighted by atomic mass is 32.2. The molecule has 2 aromatic heterocycles. The Labute approximate surface area is 234 Å². The fourth-order valence-corrected chi connectivity index (χ4v) is 6.30. The van der Waals surface area contributed by atoms with Gasteiger partial charge in [-0.25, -0.2) is 14.6 Å². The molecule has 2 aromatic rings. The number of hydrogen-bond acceptors (Lipinski definition) is 10. The Morgan fingerprint density at radius 1 is 1.11 bits per heavy atom. The van der Waals surface area contributed by atoms with Crippen LogP contribution in [-0.2, 0) is 19.1 Å². The average Bonchev–Trinajstić information content (AvgIpc) is 3.49. The number of esters is 2. The van der Waals surface area contributed by atoms with Crippen LogP contribution in [0.15, 0.2) is 22.8 Å². The summed E-state index contributed by atoms with van der Waals surface area (Å²) in [6.07, 6.45) is 1.76. The summed E-state index contributed by atoms with van der Waals surface area (Å²) < 4.78 is 10.2. The number of amidine groups is 1. The number of nitrogens with one attached hydrogen (secondary N) is 1. The van der Waals surface area contributed by atoms with E-state index in [1.165, 1.54) is 0 Å². The van der Waals surface area contributed by atoms with Gasteiger partial charge in [0.2, 0.25) is 5.91 Å². The molecule has 0 saturated carbocycles. The van der Waals surface area contributed by atoms with Crippen LogP contribution in [0.25, 0.3) is 6.08 Å². The molecule has 2 amide bonds. The smallest absolute Gasteiger partial charge is 0.348 e. The van der Waals surface area contributed by atoms with Gasteiger partial charge < -0.3 is 14.8 Å². The minimum Gasteiger partial charge on any atom is -0.462 e. The first-order chi connectivity index (χ1) is 18.0. The van der Waals surface area contributed by atoms with Gasteiger partial charge in [0.1, 0.15) is 15.6 Å². The van der Waals surface area contributed by atoms with Crippen molar-refractivity contribution in [2.24, 2.45) is 10.9 Å². The van der Waals surface area contributed by atoms with Crippen LogP contribution >= 0.6 is 34.4 Å². The van der Waals surface area contributed by atoms with Crippen LogP contribution in [0.3, 0.4) is 0 Å². The van der Waals surface area contributed by atoms with E-state index in [2.05, 4.69) is 10.3 Å². The lowest BCUT2D eigenvalue weighted by atomic mass is 10.1. The maximum Gasteiger partial charge on any atom is 0.348 e. The van der Waals surface area contributed by atoms with Gasteiger partial charge in [0.25, 0.3) is 5.91 Å². The zero-order valence-corrected chi connectivity index (χ0v) is 24.7. The minimum atomic E-state index is -0.632. The first-order valence-corrected chi connectivity index (χ1v) is 14.8. The van der Waals surface area contributed by atoms with Crippen molar-refractivity contribution in [1.82, 2.24) is 4.90 Å². The fraction of sp³-hybridized carbons (Fsp3) is 0.423. The maximum absolute atomic E-state index is 13.1. The van der Waals surface area contributed by atoms with Crippen molar-refractivity contribution in [3.63, 3.8) is 0 Å². The monoisotopic (exact) mass is 577 g/mol. The minimum absolute atomic E-state index is 0.0555. The van der Waals surface area contributed by atoms with Crippen molar-refractivity contribution >= 4 is 74.4 Å². The van der Waals surface area contributed by atoms with E-state index < -0.39 is 17.8 Å². The predicted molar refractivity (Wildman–Crippen MR) is 153 cm³/mol. The van der Waals surface area contributed by atoms with Crippen LogP contribution in [0.2, 0.25) is 0 Å². The molecule has 1 aliphatic heterocycles. The average molecular weight is 578 g/mol. The zero-order chi connectivity index (χ0) is 28.0. The Bertz CT molecular complexity index is 1290. The molecule has 0 aliphatic carbocycles. The van der Waals surface area contributed by atoms with Gasteiger partial charge in [-0.2, -0.15) is 0 Å². The number of hydrogen-bond donors (Lipinski definition) is 1. The molecule has 0 radical (unpaired) electrons. The number of anilines is 1. The van der Waals surface area contributed by atoms with Crippen LogP contribution in [0.4, 0.5) is 5.00 Å². The molecule has 9 nitrogen and oxygen atoms in total. The lowest BCUT2D eigenvalue weighted by Crippen LogP contribution is -2.34. The summed E-state index contributed by atoms with van der Waals surface area (Å²) in [5, 5.41) is 3.39. The number of carbonyl (C=O) groups excluding carboxylic acids is 4. The molecule has 204 valence electrons. The lowest BCUT2D eigenvalue weighted by Gasteiger charge is -2.19. The summed E-state index contributed by atoms with van der Waals surface area (Å²) in [6, 6.07) is 3.92. The standard InChI is InChI=1S/C26H31N3O6S3/c1-7-34-24(32)20-16(6)21(25(33)35-8-2)38-22(20)28-19(30)13-36-26-27-18(11-17-10-9-15(5)37-17)23(31)29(26)12-14(3)4/h9-11,14H,7-8,12-13H2,1-6H3,(H,28,30). The van der Waals surface area contributed by atoms with E-state index in [-0.39, 0.29) is 46.2 Å². The number of amides is 2. The van der Waals surface area contributed by atoms with Crippen molar-refractivity contribution in [3.05, 3.63) is 43.6 Å². The molecule has 12 heteroatoms. The van der Waals surface area contributed by atoms with Crippen LogP contribution in [0, 0.1) is 19.8 Å². The molecule has 0 atom stereocenters. The van der Waals surface area contributed by atoms with Crippen LogP contribution < -0.4 is 5.32 Å². The number of ether oxygens (including phenoxy) is 2. The molecule has 0 aromatic carbocycles. The van der Waals surface area contributed by atoms with E-state index in [0.717, 1.165) is 32.9 Å². The highest BCUT2D eigenvalue weighted by molar-refractivity contribution is 8.14. The van der Waals surface area contributed by atoms with Gasteiger partial charge in [0, 0.05) is 16.3 Å². The number of thiophene rings is 2. The summed E-state index contributed by atoms with van der Waals surface area (Å²) in [7, 11) is 0. The van der Waals surface area contributed by atoms with E-state index in [4.69, 9.17) is 9.47 Å². The Hall–Kier alpha value is -2.96. The second-order valence-corrected chi connectivity index (χ2v) is 12.0. The summed E-state index contributed by atoms with van der Waals surface area (Å²) in [6.45, 7) is 11.8. The van der Waals surface area contributed by atoms with Crippen LogP contribution in [0.1, 0.15) is 63.0 Å². The molecule has 0 unspecified atom stereocenters. The molecule has 1 aliphatic rings. The lowest BCUT2D eigenvalue weighted by molar-refractivity contribution is -0.123. The summed E-state index contributed by atoms with van der Waals surface area (Å²) in [5.41, 5.74) is 0.847. The Kier molecular flexibility index (Phi) is 10.3. The van der Waals surface area contributed by atoms with Crippen molar-refractivity contribution < 1.29 is 28.7 Å². The molecule has 3 heterocycles. The summed E-state index contributed by atoms with van der Waals surface area (Å²) in [5.74, 6) is -1.68. The summed E-state index contributed by atoms with van der Waals surface area (Å²) in [4.78, 5) is 59.4. The molecule has 0 saturated heterocycles. The molecule has 0 spiro atoms. The SMILES string of the molecule is CCOC(=O)c1sc(NC(=O)CSC2=NC(=Cc3ccc(C)s3)C(=O)N2CC(C)C)c(C(=O)OCC)c1C. The highest BCUT2D eigenvalue weighted by Gasteiger charge is 2.32. The molecular formula is C26H31N3O6S3. The van der Waals surface area contributed by atoms with Gasteiger partial charge in [-0.3, -0.25) is 14.5 Å². The van der Waals surface area contributed by atoms with Gasteiger partial charge in [0.15, 0.2) is 5.17 Å². The van der Waals surface area contributed by atoms with Crippen LogP contribution in [-0.4, -0.2) is 59.3 Å². The van der Waals surface area contributed by atoms with Crippen molar-refractivity contribution in [2.45, 2.75) is 41.5 Å². The zero-order valence-electron chi connectivity index (χ0n) is 22.2. The van der Waals surface area contributed by atoms with E-state index >= 15 is 0 Å². The third-order valence-corrected chi connectivity index (χ3v) is 8.28. The van der Waals surface area contributed by atoms with Crippen molar-refractivity contribution in [3.8, 4) is 0 Å². The van der Waals surface area contributed by atoms with E-state index in [0.29, 0.717) is 23.0 Å². The largest absolute Gasteiger partial charge is 0.462 e. The Morgan fingerprint density at radius 3 is 2.39 bits per heavy atom. The van der Waals surface area contributed by atoms with Crippen molar-refractivity contribution in [1.29, 1.82) is 0 Å². The first-order valence-electron chi connectivity index (χ1n) is 12.1. The highest BCUT2D eigenvalue weighted by Crippen LogP contribution is 2.35. The second kappa shape index (κ2) is 13.2. The predicted octanol–water partition coefficient (Wildman–Crippen LogP) is 5.35. The van der Waals surface area contributed by atoms with Gasteiger partial charge in [-0.1, -0.05) is 25.6 Å². The Morgan fingerprint density at radius 2 is 1.79 bits per heavy atom. The topological polar surface area (TPSA) is 114 Å². The number of aryl methyl sites for hydroxylation is 1. The molecule has 0 fully saturated rings. The van der Waals surface area contributed by atoms with E-state index in [9.17, 15) is 19.2 Å². The Balaban J connectivity index is 1.80. The third-order valence-electron chi connectivity index (χ3n) is 5.17. The first kappa shape index (κ1) is 29.6. The molecule has 0 bridgehead atoms. The van der Waals surface area contributed by atoms with E-state index in [1.54, 1.807) is 43.1 Å². The fourth-order valence-electron chi connectivity index (χ4n) is 3.57. The van der Waals surface area contributed by atoms with Gasteiger partial charge in [-0.15, -0.1) is 22.7 Å². The molecular weight excluding hydrogens is 547 g/mol. The van der Waals surface area contributed by atoms with Gasteiger partial charge >= 0.3 is 11.9 Å². The normalized spacial score (nSPS) is 14.3. The number of thioether (sulfide) groups is 1.